The van der Waals surface area contributed by atoms with Gasteiger partial charge in [0.2, 0.25) is 0 Å². The third-order valence-corrected chi connectivity index (χ3v) is 8.46. The Labute approximate surface area is 247 Å². The lowest BCUT2D eigenvalue weighted by molar-refractivity contribution is -0.279. The van der Waals surface area contributed by atoms with Crippen molar-refractivity contribution >= 4 is 17.5 Å². The standard InChI is InChI=1S/C31H36O12/c1-13-19(32)8-9-23(42-13)43-30-14(2)41-21(10-20(30)33)16-6-7-18-25(27(16)37)29(39)17-5-4-15(26(36)24(17)28(18)38)11-31(3,40)12-22(34)35/h4-7,13-14,19-21,23,30,32-33,36-37,40H,8-12H2,1-3H3,(H,34,35)/t13-,14+,19-,20+,21+,23-,30+,31+/m0/s1. The van der Waals surface area contributed by atoms with Crippen LogP contribution in [-0.4, -0.2) is 90.6 Å². The molecule has 12 heteroatoms. The van der Waals surface area contributed by atoms with Crippen molar-refractivity contribution in [1.29, 1.82) is 0 Å². The van der Waals surface area contributed by atoms with E-state index in [2.05, 4.69) is 0 Å². The maximum atomic E-state index is 13.6. The van der Waals surface area contributed by atoms with Gasteiger partial charge in [0.15, 0.2) is 17.9 Å². The Kier molecular flexibility index (Phi) is 8.38. The van der Waals surface area contributed by atoms with Crippen LogP contribution in [0.1, 0.15) is 95.5 Å². The fourth-order valence-corrected chi connectivity index (χ4v) is 6.23. The second-order valence-electron chi connectivity index (χ2n) is 12.0. The van der Waals surface area contributed by atoms with Crippen LogP contribution in [0.4, 0.5) is 0 Å². The van der Waals surface area contributed by atoms with Gasteiger partial charge in [-0.1, -0.05) is 12.1 Å². The van der Waals surface area contributed by atoms with Crippen LogP contribution in [0.2, 0.25) is 0 Å². The zero-order chi connectivity index (χ0) is 31.4. The van der Waals surface area contributed by atoms with Crippen LogP contribution >= 0.6 is 0 Å². The number of aliphatic carboxylic acids is 1. The number of hydrogen-bond donors (Lipinski definition) is 6. The number of aliphatic hydroxyl groups is 3. The van der Waals surface area contributed by atoms with Crippen LogP contribution in [0.15, 0.2) is 24.3 Å². The van der Waals surface area contributed by atoms with Gasteiger partial charge < -0.3 is 44.8 Å². The number of rotatable bonds is 7. The first-order valence-electron chi connectivity index (χ1n) is 14.2. The maximum absolute atomic E-state index is 13.6. The van der Waals surface area contributed by atoms with E-state index in [1.54, 1.807) is 13.8 Å². The van der Waals surface area contributed by atoms with E-state index >= 15 is 0 Å². The van der Waals surface area contributed by atoms with Crippen molar-refractivity contribution in [2.24, 2.45) is 0 Å². The lowest BCUT2D eigenvalue weighted by atomic mass is 9.79. The molecule has 0 amide bonds. The molecule has 12 nitrogen and oxygen atoms in total. The summed E-state index contributed by atoms with van der Waals surface area (Å²) in [5, 5.41) is 62.6. The number of carboxylic acids is 1. The zero-order valence-electron chi connectivity index (χ0n) is 24.0. The van der Waals surface area contributed by atoms with Crippen LogP contribution in [0.5, 0.6) is 11.5 Å². The molecule has 2 heterocycles. The largest absolute Gasteiger partial charge is 0.507 e. The van der Waals surface area contributed by atoms with Gasteiger partial charge in [0.1, 0.15) is 17.6 Å². The number of fused-ring (bicyclic) bond motifs is 2. The topological polar surface area (TPSA) is 200 Å². The molecule has 0 spiro atoms. The Morgan fingerprint density at radius 2 is 1.56 bits per heavy atom. The first-order valence-corrected chi connectivity index (χ1v) is 14.2. The molecule has 43 heavy (non-hydrogen) atoms. The van der Waals surface area contributed by atoms with E-state index in [4.69, 9.17) is 19.3 Å². The Balaban J connectivity index is 1.38. The molecule has 1 aliphatic carbocycles. The van der Waals surface area contributed by atoms with E-state index < -0.39 is 84.0 Å². The quantitative estimate of drug-likeness (QED) is 0.231. The summed E-state index contributed by atoms with van der Waals surface area (Å²) in [7, 11) is 0. The summed E-state index contributed by atoms with van der Waals surface area (Å²) in [6, 6.07) is 5.42. The molecule has 2 aromatic rings. The minimum atomic E-state index is -1.72. The van der Waals surface area contributed by atoms with Gasteiger partial charge in [0.25, 0.3) is 0 Å². The Bertz CT molecular complexity index is 1440. The van der Waals surface area contributed by atoms with Crippen molar-refractivity contribution in [3.63, 3.8) is 0 Å². The van der Waals surface area contributed by atoms with Crippen LogP contribution in [0.3, 0.4) is 0 Å². The van der Waals surface area contributed by atoms with Gasteiger partial charge in [-0.3, -0.25) is 14.4 Å². The molecule has 3 aliphatic rings. The molecule has 0 aromatic heterocycles. The Morgan fingerprint density at radius 3 is 2.16 bits per heavy atom. The SMILES string of the molecule is C[C@@H]1O[C@@H](O[C@H]2[C@H](O)C[C@H](c3ccc4c(c3O)C(=O)c3ccc(C[C@@](C)(O)CC(=O)O)c(O)c3C4=O)O[C@@H]2C)CC[C@@H]1O. The molecular formula is C31H36O12. The minimum Gasteiger partial charge on any atom is -0.507 e. The molecule has 232 valence electrons. The number of hydrogen-bond acceptors (Lipinski definition) is 11. The Hall–Kier alpha value is -3.39. The molecular weight excluding hydrogens is 564 g/mol. The summed E-state index contributed by atoms with van der Waals surface area (Å²) in [6.45, 7) is 4.73. The monoisotopic (exact) mass is 600 g/mol. The van der Waals surface area contributed by atoms with Gasteiger partial charge >= 0.3 is 5.97 Å². The minimum absolute atomic E-state index is 0.0192. The number of ketones is 2. The summed E-state index contributed by atoms with van der Waals surface area (Å²) in [5.74, 6) is -3.69. The van der Waals surface area contributed by atoms with Crippen molar-refractivity contribution < 1.29 is 59.2 Å². The molecule has 2 aromatic carbocycles. The number of carbonyl (C=O) groups excluding carboxylic acids is 2. The highest BCUT2D eigenvalue weighted by Gasteiger charge is 2.43. The summed E-state index contributed by atoms with van der Waals surface area (Å²) < 4.78 is 17.8. The lowest BCUT2D eigenvalue weighted by Crippen LogP contribution is -2.49. The predicted octanol–water partition coefficient (Wildman–Crippen LogP) is 2.12. The molecule has 0 bridgehead atoms. The molecule has 2 saturated heterocycles. The Morgan fingerprint density at radius 1 is 0.930 bits per heavy atom. The molecule has 0 saturated carbocycles. The normalized spacial score (nSPS) is 30.3. The van der Waals surface area contributed by atoms with Crippen molar-refractivity contribution in [2.75, 3.05) is 0 Å². The van der Waals surface area contributed by atoms with Gasteiger partial charge in [-0.15, -0.1) is 0 Å². The summed E-state index contributed by atoms with van der Waals surface area (Å²) >= 11 is 0. The highest BCUT2D eigenvalue weighted by Crippen LogP contribution is 2.44. The van der Waals surface area contributed by atoms with Gasteiger partial charge in [-0.2, -0.15) is 0 Å². The fraction of sp³-hybridized carbons (Fsp3) is 0.516. The van der Waals surface area contributed by atoms with Gasteiger partial charge in [-0.25, -0.2) is 0 Å². The highest BCUT2D eigenvalue weighted by molar-refractivity contribution is 6.30. The fourth-order valence-electron chi connectivity index (χ4n) is 6.23. The van der Waals surface area contributed by atoms with Crippen LogP contribution in [0.25, 0.3) is 0 Å². The average molecular weight is 601 g/mol. The summed E-state index contributed by atoms with van der Waals surface area (Å²) in [6.07, 6.45) is -4.77. The van der Waals surface area contributed by atoms with E-state index in [-0.39, 0.29) is 46.2 Å². The van der Waals surface area contributed by atoms with Gasteiger partial charge in [0.05, 0.1) is 53.7 Å². The average Bonchev–Trinajstić information content (AvgIpc) is 2.91. The number of ether oxygens (including phenoxy) is 3. The summed E-state index contributed by atoms with van der Waals surface area (Å²) in [4.78, 5) is 38.2. The molecule has 0 radical (unpaired) electrons. The molecule has 8 atom stereocenters. The number of carboxylic acid groups (broad SMARTS) is 1. The second-order valence-corrected chi connectivity index (χ2v) is 12.0. The van der Waals surface area contributed by atoms with E-state index in [0.717, 1.165) is 0 Å². The number of phenols is 2. The maximum Gasteiger partial charge on any atom is 0.306 e. The van der Waals surface area contributed by atoms with Crippen molar-refractivity contribution in [3.8, 4) is 11.5 Å². The van der Waals surface area contributed by atoms with E-state index in [1.807, 2.05) is 0 Å². The number of phenolic OH excluding ortho intramolecular Hbond substituents is 2. The number of benzene rings is 2. The van der Waals surface area contributed by atoms with E-state index in [9.17, 15) is 39.9 Å². The molecule has 2 aliphatic heterocycles. The number of aromatic hydroxyl groups is 2. The molecule has 2 fully saturated rings. The van der Waals surface area contributed by atoms with E-state index in [0.29, 0.717) is 12.8 Å². The van der Waals surface area contributed by atoms with E-state index in [1.165, 1.54) is 31.2 Å². The van der Waals surface area contributed by atoms with Gasteiger partial charge in [0, 0.05) is 36.0 Å². The smallest absolute Gasteiger partial charge is 0.306 e. The summed E-state index contributed by atoms with van der Waals surface area (Å²) in [5.41, 5.74) is -2.27. The van der Waals surface area contributed by atoms with Crippen LogP contribution < -0.4 is 0 Å². The first-order chi connectivity index (χ1) is 20.2. The van der Waals surface area contributed by atoms with Crippen molar-refractivity contribution in [1.82, 2.24) is 0 Å². The van der Waals surface area contributed by atoms with Crippen molar-refractivity contribution in [2.45, 2.75) is 101 Å². The zero-order valence-corrected chi connectivity index (χ0v) is 24.0. The first kappa shape index (κ1) is 31.0. The van der Waals surface area contributed by atoms with Gasteiger partial charge in [-0.05, 0) is 44.9 Å². The van der Waals surface area contributed by atoms with Crippen molar-refractivity contribution in [3.05, 3.63) is 57.6 Å². The predicted molar refractivity (Wildman–Crippen MR) is 148 cm³/mol. The van der Waals surface area contributed by atoms with Crippen LogP contribution in [-0.2, 0) is 25.4 Å². The third-order valence-electron chi connectivity index (χ3n) is 8.46. The lowest BCUT2D eigenvalue weighted by Gasteiger charge is -2.41. The number of carbonyl (C=O) groups is 3. The molecule has 0 unspecified atom stereocenters. The van der Waals surface area contributed by atoms with Crippen LogP contribution in [0, 0.1) is 0 Å². The third kappa shape index (κ3) is 5.91. The highest BCUT2D eigenvalue weighted by atomic mass is 16.7. The molecule has 6 N–H and O–H groups in total. The molecule has 5 rings (SSSR count). The number of aliphatic hydroxyl groups excluding tert-OH is 2. The second kappa shape index (κ2) is 11.6.